The van der Waals surface area contributed by atoms with Gasteiger partial charge in [0.05, 0.1) is 30.1 Å². The molecule has 3 aromatic rings. The summed E-state index contributed by atoms with van der Waals surface area (Å²) < 4.78 is 1.82. The standard InChI is InChI=1S/C21H22N4OS/c1-14-15(2)27-20-19(14)21(26)25(12-17-7-5-16(11-22)6-8-17)18(23-20)13-24-9-3-4-10-24/h5-8H,3-4,9-10,12-13H2,1-2H3. The Balaban J connectivity index is 1.81. The molecule has 0 radical (unpaired) electrons. The van der Waals surface area contributed by atoms with Crippen molar-refractivity contribution in [3.05, 3.63) is 62.0 Å². The Kier molecular flexibility index (Phi) is 4.81. The Bertz CT molecular complexity index is 1080. The van der Waals surface area contributed by atoms with Crippen molar-refractivity contribution in [3.8, 4) is 6.07 Å². The second kappa shape index (κ2) is 7.26. The molecule has 4 rings (SSSR count). The first-order valence-electron chi connectivity index (χ1n) is 9.27. The van der Waals surface area contributed by atoms with E-state index in [1.165, 1.54) is 12.8 Å². The molecule has 1 aromatic carbocycles. The zero-order chi connectivity index (χ0) is 19.0. The topological polar surface area (TPSA) is 61.9 Å². The highest BCUT2D eigenvalue weighted by Gasteiger charge is 2.20. The first-order chi connectivity index (χ1) is 13.1. The molecule has 0 atom stereocenters. The van der Waals surface area contributed by atoms with Gasteiger partial charge >= 0.3 is 0 Å². The van der Waals surface area contributed by atoms with Gasteiger partial charge in [-0.15, -0.1) is 11.3 Å². The molecule has 138 valence electrons. The van der Waals surface area contributed by atoms with Crippen LogP contribution in [0.2, 0.25) is 0 Å². The maximum absolute atomic E-state index is 13.3. The zero-order valence-electron chi connectivity index (χ0n) is 15.7. The molecule has 0 aliphatic carbocycles. The third kappa shape index (κ3) is 3.41. The highest BCUT2D eigenvalue weighted by atomic mass is 32.1. The maximum atomic E-state index is 13.3. The minimum Gasteiger partial charge on any atom is -0.296 e. The summed E-state index contributed by atoms with van der Waals surface area (Å²) in [6, 6.07) is 9.57. The minimum atomic E-state index is 0.0420. The van der Waals surface area contributed by atoms with Crippen LogP contribution in [0.15, 0.2) is 29.1 Å². The largest absolute Gasteiger partial charge is 0.296 e. The van der Waals surface area contributed by atoms with Crippen molar-refractivity contribution in [1.29, 1.82) is 5.26 Å². The molecule has 2 aromatic heterocycles. The molecular weight excluding hydrogens is 356 g/mol. The van der Waals surface area contributed by atoms with Gasteiger partial charge in [0, 0.05) is 4.88 Å². The molecular formula is C21H22N4OS. The summed E-state index contributed by atoms with van der Waals surface area (Å²) >= 11 is 1.61. The molecule has 0 N–H and O–H groups in total. The van der Waals surface area contributed by atoms with Crippen LogP contribution in [0, 0.1) is 25.2 Å². The molecule has 3 heterocycles. The van der Waals surface area contributed by atoms with Gasteiger partial charge in [-0.2, -0.15) is 5.26 Å². The van der Waals surface area contributed by atoms with E-state index in [9.17, 15) is 4.79 Å². The smallest absolute Gasteiger partial charge is 0.262 e. The van der Waals surface area contributed by atoms with Crippen LogP contribution in [-0.2, 0) is 13.1 Å². The second-order valence-electron chi connectivity index (χ2n) is 7.17. The SMILES string of the molecule is Cc1sc2nc(CN3CCCC3)n(Cc3ccc(C#N)cc3)c(=O)c2c1C. The molecule has 0 saturated carbocycles. The zero-order valence-corrected chi connectivity index (χ0v) is 16.5. The van der Waals surface area contributed by atoms with E-state index in [-0.39, 0.29) is 5.56 Å². The molecule has 0 spiro atoms. The van der Waals surface area contributed by atoms with E-state index >= 15 is 0 Å². The van der Waals surface area contributed by atoms with Gasteiger partial charge in [0.25, 0.3) is 5.56 Å². The summed E-state index contributed by atoms with van der Waals surface area (Å²) in [5, 5.41) is 9.74. The monoisotopic (exact) mass is 378 g/mol. The molecule has 5 nitrogen and oxygen atoms in total. The van der Waals surface area contributed by atoms with Gasteiger partial charge in [-0.1, -0.05) is 12.1 Å². The third-order valence-electron chi connectivity index (χ3n) is 5.36. The van der Waals surface area contributed by atoms with Gasteiger partial charge in [-0.05, 0) is 63.0 Å². The molecule has 1 aliphatic heterocycles. The lowest BCUT2D eigenvalue weighted by molar-refractivity contribution is 0.315. The summed E-state index contributed by atoms with van der Waals surface area (Å²) in [6.07, 6.45) is 2.42. The van der Waals surface area contributed by atoms with Crippen molar-refractivity contribution >= 4 is 21.6 Å². The first-order valence-corrected chi connectivity index (χ1v) is 10.1. The molecule has 1 saturated heterocycles. The Hall–Kier alpha value is -2.49. The van der Waals surface area contributed by atoms with Crippen LogP contribution >= 0.6 is 11.3 Å². The summed E-state index contributed by atoms with van der Waals surface area (Å²) in [4.78, 5) is 22.6. The number of fused-ring (bicyclic) bond motifs is 1. The molecule has 0 amide bonds. The Morgan fingerprint density at radius 1 is 1.15 bits per heavy atom. The number of nitrogens with zero attached hydrogens (tertiary/aromatic N) is 4. The van der Waals surface area contributed by atoms with Crippen molar-refractivity contribution in [2.24, 2.45) is 0 Å². The number of hydrogen-bond acceptors (Lipinski definition) is 5. The molecule has 0 unspecified atom stereocenters. The van der Waals surface area contributed by atoms with E-state index < -0.39 is 0 Å². The number of aryl methyl sites for hydroxylation is 2. The lowest BCUT2D eigenvalue weighted by Gasteiger charge is -2.18. The highest BCUT2D eigenvalue weighted by molar-refractivity contribution is 7.18. The fourth-order valence-corrected chi connectivity index (χ4v) is 4.70. The van der Waals surface area contributed by atoms with Crippen LogP contribution in [0.1, 0.15) is 40.2 Å². The van der Waals surface area contributed by atoms with Crippen LogP contribution in [0.3, 0.4) is 0 Å². The van der Waals surface area contributed by atoms with Gasteiger partial charge in [-0.25, -0.2) is 4.98 Å². The summed E-state index contributed by atoms with van der Waals surface area (Å²) in [5.74, 6) is 0.833. The fourth-order valence-electron chi connectivity index (χ4n) is 3.66. The lowest BCUT2D eigenvalue weighted by Crippen LogP contribution is -2.30. The van der Waals surface area contributed by atoms with Crippen molar-refractivity contribution in [2.75, 3.05) is 13.1 Å². The molecule has 0 bridgehead atoms. The highest BCUT2D eigenvalue weighted by Crippen LogP contribution is 2.27. The van der Waals surface area contributed by atoms with E-state index in [0.29, 0.717) is 18.7 Å². The van der Waals surface area contributed by atoms with E-state index in [2.05, 4.69) is 11.0 Å². The van der Waals surface area contributed by atoms with E-state index in [1.807, 2.05) is 30.5 Å². The third-order valence-corrected chi connectivity index (χ3v) is 6.46. The number of thiophene rings is 1. The van der Waals surface area contributed by atoms with Crippen molar-refractivity contribution in [1.82, 2.24) is 14.5 Å². The fraction of sp³-hybridized carbons (Fsp3) is 0.381. The average Bonchev–Trinajstić information content (AvgIpc) is 3.27. The van der Waals surface area contributed by atoms with Gasteiger partial charge in [0.1, 0.15) is 10.7 Å². The van der Waals surface area contributed by atoms with E-state index in [1.54, 1.807) is 23.5 Å². The molecule has 1 fully saturated rings. The van der Waals surface area contributed by atoms with E-state index in [4.69, 9.17) is 10.2 Å². The van der Waals surface area contributed by atoms with Crippen LogP contribution < -0.4 is 5.56 Å². The normalized spacial score (nSPS) is 14.7. The van der Waals surface area contributed by atoms with Crippen LogP contribution in [0.25, 0.3) is 10.2 Å². The van der Waals surface area contributed by atoms with Crippen LogP contribution in [0.4, 0.5) is 0 Å². The lowest BCUT2D eigenvalue weighted by atomic mass is 10.1. The summed E-state index contributed by atoms with van der Waals surface area (Å²) in [6.45, 7) is 7.36. The number of aromatic nitrogens is 2. The predicted octanol–water partition coefficient (Wildman–Crippen LogP) is 3.59. The van der Waals surface area contributed by atoms with Gasteiger partial charge in [-0.3, -0.25) is 14.3 Å². The van der Waals surface area contributed by atoms with Crippen molar-refractivity contribution in [2.45, 2.75) is 39.8 Å². The molecule has 27 heavy (non-hydrogen) atoms. The number of rotatable bonds is 4. The Morgan fingerprint density at radius 2 is 1.85 bits per heavy atom. The maximum Gasteiger partial charge on any atom is 0.262 e. The average molecular weight is 379 g/mol. The van der Waals surface area contributed by atoms with Gasteiger partial charge in [0.15, 0.2) is 0 Å². The second-order valence-corrected chi connectivity index (χ2v) is 8.38. The predicted molar refractivity (Wildman–Crippen MR) is 108 cm³/mol. The van der Waals surface area contributed by atoms with Crippen LogP contribution in [0.5, 0.6) is 0 Å². The van der Waals surface area contributed by atoms with Gasteiger partial charge < -0.3 is 0 Å². The van der Waals surface area contributed by atoms with Crippen molar-refractivity contribution < 1.29 is 0 Å². The molecule has 6 heteroatoms. The van der Waals surface area contributed by atoms with Crippen molar-refractivity contribution in [3.63, 3.8) is 0 Å². The Labute approximate surface area is 162 Å². The molecule has 1 aliphatic rings. The first kappa shape index (κ1) is 17.9. The van der Waals surface area contributed by atoms with Crippen LogP contribution in [-0.4, -0.2) is 27.5 Å². The van der Waals surface area contributed by atoms with E-state index in [0.717, 1.165) is 45.1 Å². The number of likely N-dealkylation sites (tertiary alicyclic amines) is 1. The minimum absolute atomic E-state index is 0.0420. The number of nitriles is 1. The quantitative estimate of drug-likeness (QED) is 0.696. The number of hydrogen-bond donors (Lipinski definition) is 0. The number of benzene rings is 1. The van der Waals surface area contributed by atoms with Gasteiger partial charge in [0.2, 0.25) is 0 Å². The summed E-state index contributed by atoms with van der Waals surface area (Å²) in [7, 11) is 0. The summed E-state index contributed by atoms with van der Waals surface area (Å²) in [5.41, 5.74) is 2.71. The Morgan fingerprint density at radius 3 is 2.52 bits per heavy atom.